The molecule has 6 heteroatoms. The van der Waals surface area contributed by atoms with Crippen molar-refractivity contribution >= 4 is 11.6 Å². The summed E-state index contributed by atoms with van der Waals surface area (Å²) in [4.78, 5) is 14.8. The molecule has 1 amide bonds. The van der Waals surface area contributed by atoms with Crippen LogP contribution in [0.15, 0.2) is 30.6 Å². The van der Waals surface area contributed by atoms with Gasteiger partial charge in [0.25, 0.3) is 5.91 Å². The fourth-order valence-corrected chi connectivity index (χ4v) is 1.82. The molecule has 2 N–H and O–H groups in total. The molecule has 1 aromatic carbocycles. The van der Waals surface area contributed by atoms with Crippen LogP contribution in [0.3, 0.4) is 0 Å². The minimum Gasteiger partial charge on any atom is -0.493 e. The van der Waals surface area contributed by atoms with Crippen LogP contribution in [-0.4, -0.2) is 32.2 Å². The third-order valence-corrected chi connectivity index (χ3v) is 2.78. The first-order valence-corrected chi connectivity index (χ1v) is 5.93. The Bertz CT molecular complexity index is 568. The van der Waals surface area contributed by atoms with Gasteiger partial charge in [0.1, 0.15) is 0 Å². The van der Waals surface area contributed by atoms with Gasteiger partial charge in [-0.2, -0.15) is 0 Å². The Hall–Kier alpha value is -2.63. The summed E-state index contributed by atoms with van der Waals surface area (Å²) in [5.41, 5.74) is 1.10. The maximum absolute atomic E-state index is 12.0. The topological polar surface area (TPSA) is 72.6 Å². The maximum Gasteiger partial charge on any atom is 0.257 e. The summed E-state index contributed by atoms with van der Waals surface area (Å²) >= 11 is 0. The van der Waals surface area contributed by atoms with Gasteiger partial charge in [-0.1, -0.05) is 0 Å². The standard InChI is InChI=1S/C14H16N2O4/c1-18-11-6-10(7-12(19-2)13(11)20-3)16-14(17)9-4-5-15-8-9/h4-8,15H,1-3H3,(H,16,17). The number of hydrogen-bond acceptors (Lipinski definition) is 4. The molecule has 1 heterocycles. The molecule has 0 aliphatic carbocycles. The minimum atomic E-state index is -0.222. The van der Waals surface area contributed by atoms with E-state index < -0.39 is 0 Å². The van der Waals surface area contributed by atoms with Gasteiger partial charge in [-0.05, 0) is 6.07 Å². The second-order valence-electron chi connectivity index (χ2n) is 3.97. The monoisotopic (exact) mass is 276 g/mol. The highest BCUT2D eigenvalue weighted by Crippen LogP contribution is 2.39. The number of methoxy groups -OCH3 is 3. The van der Waals surface area contributed by atoms with Gasteiger partial charge in [0, 0.05) is 30.2 Å². The van der Waals surface area contributed by atoms with E-state index in [9.17, 15) is 4.79 Å². The van der Waals surface area contributed by atoms with Gasteiger partial charge in [0.15, 0.2) is 11.5 Å². The molecular weight excluding hydrogens is 260 g/mol. The summed E-state index contributed by atoms with van der Waals surface area (Å²) in [5, 5.41) is 2.77. The molecule has 20 heavy (non-hydrogen) atoms. The van der Waals surface area contributed by atoms with Gasteiger partial charge >= 0.3 is 0 Å². The van der Waals surface area contributed by atoms with E-state index in [-0.39, 0.29) is 5.91 Å². The Kier molecular flexibility index (Phi) is 4.14. The Morgan fingerprint density at radius 1 is 1.10 bits per heavy atom. The van der Waals surface area contributed by atoms with E-state index in [0.29, 0.717) is 28.5 Å². The smallest absolute Gasteiger partial charge is 0.257 e. The number of hydrogen-bond donors (Lipinski definition) is 2. The number of ether oxygens (including phenoxy) is 3. The lowest BCUT2D eigenvalue weighted by molar-refractivity contribution is 0.102. The molecule has 0 aliphatic rings. The predicted octanol–water partition coefficient (Wildman–Crippen LogP) is 2.29. The highest BCUT2D eigenvalue weighted by atomic mass is 16.5. The van der Waals surface area contributed by atoms with E-state index in [2.05, 4.69) is 10.3 Å². The van der Waals surface area contributed by atoms with Crippen LogP contribution in [0.4, 0.5) is 5.69 Å². The van der Waals surface area contributed by atoms with Crippen LogP contribution in [0.5, 0.6) is 17.2 Å². The molecule has 0 bridgehead atoms. The zero-order chi connectivity index (χ0) is 14.5. The first-order chi connectivity index (χ1) is 9.69. The summed E-state index contributed by atoms with van der Waals surface area (Å²) in [5.74, 6) is 1.22. The first-order valence-electron chi connectivity index (χ1n) is 5.93. The van der Waals surface area contributed by atoms with Gasteiger partial charge in [-0.3, -0.25) is 4.79 Å². The molecular formula is C14H16N2O4. The van der Waals surface area contributed by atoms with Crippen molar-refractivity contribution in [2.45, 2.75) is 0 Å². The van der Waals surface area contributed by atoms with Crippen LogP contribution in [0, 0.1) is 0 Å². The van der Waals surface area contributed by atoms with Gasteiger partial charge in [0.05, 0.1) is 26.9 Å². The van der Waals surface area contributed by atoms with Crippen LogP contribution >= 0.6 is 0 Å². The van der Waals surface area contributed by atoms with E-state index in [1.165, 1.54) is 21.3 Å². The van der Waals surface area contributed by atoms with Crippen molar-refractivity contribution in [3.05, 3.63) is 36.2 Å². The predicted molar refractivity (Wildman–Crippen MR) is 74.8 cm³/mol. The largest absolute Gasteiger partial charge is 0.493 e. The number of carbonyl (C=O) groups is 1. The number of aromatic amines is 1. The summed E-state index contributed by atoms with van der Waals surface area (Å²) in [6, 6.07) is 5.03. The second kappa shape index (κ2) is 6.01. The summed E-state index contributed by atoms with van der Waals surface area (Å²) in [6.45, 7) is 0. The van der Waals surface area contributed by atoms with Crippen LogP contribution in [0.1, 0.15) is 10.4 Å². The summed E-state index contributed by atoms with van der Waals surface area (Å²) in [7, 11) is 4.57. The number of carbonyl (C=O) groups excluding carboxylic acids is 1. The molecule has 0 fully saturated rings. The van der Waals surface area contributed by atoms with Crippen LogP contribution in [0.25, 0.3) is 0 Å². The number of nitrogens with one attached hydrogen (secondary N) is 2. The Morgan fingerprint density at radius 2 is 1.75 bits per heavy atom. The van der Waals surface area contributed by atoms with Crippen LogP contribution < -0.4 is 19.5 Å². The number of aromatic nitrogens is 1. The highest BCUT2D eigenvalue weighted by molar-refractivity contribution is 6.04. The molecule has 0 unspecified atom stereocenters. The molecule has 0 saturated heterocycles. The molecule has 106 valence electrons. The molecule has 0 atom stereocenters. The van der Waals surface area contributed by atoms with Crippen molar-refractivity contribution in [2.24, 2.45) is 0 Å². The molecule has 6 nitrogen and oxygen atoms in total. The molecule has 1 aromatic heterocycles. The SMILES string of the molecule is COc1cc(NC(=O)c2cc[nH]c2)cc(OC)c1OC. The van der Waals surface area contributed by atoms with Crippen molar-refractivity contribution in [1.82, 2.24) is 4.98 Å². The van der Waals surface area contributed by atoms with E-state index in [1.54, 1.807) is 30.6 Å². The molecule has 0 saturated carbocycles. The molecule has 0 spiro atoms. The van der Waals surface area contributed by atoms with Crippen molar-refractivity contribution < 1.29 is 19.0 Å². The zero-order valence-electron chi connectivity index (χ0n) is 11.5. The fraction of sp³-hybridized carbons (Fsp3) is 0.214. The Labute approximate surface area is 116 Å². The lowest BCUT2D eigenvalue weighted by Gasteiger charge is -2.14. The van der Waals surface area contributed by atoms with Gasteiger partial charge < -0.3 is 24.5 Å². The number of H-pyrrole nitrogens is 1. The maximum atomic E-state index is 12.0. The Balaban J connectivity index is 2.30. The van der Waals surface area contributed by atoms with E-state index in [0.717, 1.165) is 0 Å². The van der Waals surface area contributed by atoms with Crippen LogP contribution in [-0.2, 0) is 0 Å². The average Bonchev–Trinajstić information content (AvgIpc) is 3.00. The van der Waals surface area contributed by atoms with Gasteiger partial charge in [-0.25, -0.2) is 0 Å². The molecule has 0 aliphatic heterocycles. The lowest BCUT2D eigenvalue weighted by atomic mass is 10.2. The minimum absolute atomic E-state index is 0.222. The highest BCUT2D eigenvalue weighted by Gasteiger charge is 2.15. The van der Waals surface area contributed by atoms with Crippen molar-refractivity contribution in [3.63, 3.8) is 0 Å². The van der Waals surface area contributed by atoms with E-state index >= 15 is 0 Å². The van der Waals surface area contributed by atoms with Crippen molar-refractivity contribution in [3.8, 4) is 17.2 Å². The number of amides is 1. The van der Waals surface area contributed by atoms with Gasteiger partial charge in [-0.15, -0.1) is 0 Å². The second-order valence-corrected chi connectivity index (χ2v) is 3.97. The first kappa shape index (κ1) is 13.8. The van der Waals surface area contributed by atoms with Crippen LogP contribution in [0.2, 0.25) is 0 Å². The summed E-state index contributed by atoms with van der Waals surface area (Å²) < 4.78 is 15.7. The quantitative estimate of drug-likeness (QED) is 0.878. The van der Waals surface area contributed by atoms with E-state index in [4.69, 9.17) is 14.2 Å². The van der Waals surface area contributed by atoms with E-state index in [1.807, 2.05) is 0 Å². The summed E-state index contributed by atoms with van der Waals surface area (Å²) in [6.07, 6.45) is 3.30. The number of rotatable bonds is 5. The third-order valence-electron chi connectivity index (χ3n) is 2.78. The number of benzene rings is 1. The average molecular weight is 276 g/mol. The molecule has 0 radical (unpaired) electrons. The van der Waals surface area contributed by atoms with Gasteiger partial charge in [0.2, 0.25) is 5.75 Å². The third kappa shape index (κ3) is 2.69. The zero-order valence-corrected chi connectivity index (χ0v) is 11.5. The molecule has 2 rings (SSSR count). The lowest BCUT2D eigenvalue weighted by Crippen LogP contribution is -2.11. The van der Waals surface area contributed by atoms with Crippen molar-refractivity contribution in [2.75, 3.05) is 26.6 Å². The molecule has 2 aromatic rings. The number of anilines is 1. The normalized spacial score (nSPS) is 9.95. The van der Waals surface area contributed by atoms with Crippen molar-refractivity contribution in [1.29, 1.82) is 0 Å². The Morgan fingerprint density at radius 3 is 2.20 bits per heavy atom. The fourth-order valence-electron chi connectivity index (χ4n) is 1.82.